The van der Waals surface area contributed by atoms with E-state index in [1.807, 2.05) is 0 Å². The average molecular weight is 281 g/mol. The van der Waals surface area contributed by atoms with E-state index in [0.29, 0.717) is 6.04 Å². The maximum atomic E-state index is 3.66. The maximum absolute atomic E-state index is 3.66. The quantitative estimate of drug-likeness (QED) is 0.777. The molecule has 0 radical (unpaired) electrons. The van der Waals surface area contributed by atoms with Gasteiger partial charge in [0.05, 0.1) is 0 Å². The molecule has 1 atom stereocenters. The van der Waals surface area contributed by atoms with E-state index in [9.17, 15) is 0 Å². The first kappa shape index (κ1) is 15.8. The zero-order valence-corrected chi connectivity index (χ0v) is 13.5. The molecule has 1 heteroatoms. The Hall–Kier alpha value is -1.60. The summed E-state index contributed by atoms with van der Waals surface area (Å²) in [6.45, 7) is 7.64. The van der Waals surface area contributed by atoms with Crippen molar-refractivity contribution in [1.29, 1.82) is 0 Å². The van der Waals surface area contributed by atoms with E-state index in [1.54, 1.807) is 0 Å². The van der Waals surface area contributed by atoms with Crippen LogP contribution in [0.5, 0.6) is 0 Å². The van der Waals surface area contributed by atoms with Crippen LogP contribution in [0.15, 0.2) is 48.5 Å². The van der Waals surface area contributed by atoms with Crippen LogP contribution in [0.3, 0.4) is 0 Å². The third-order valence-corrected chi connectivity index (χ3v) is 4.09. The number of benzene rings is 2. The van der Waals surface area contributed by atoms with Gasteiger partial charge >= 0.3 is 0 Å². The largest absolute Gasteiger partial charge is 0.310 e. The Bertz CT molecular complexity index is 559. The summed E-state index contributed by atoms with van der Waals surface area (Å²) < 4.78 is 0. The minimum atomic E-state index is 0.537. The van der Waals surface area contributed by atoms with Crippen molar-refractivity contribution in [3.63, 3.8) is 0 Å². The molecule has 0 aliphatic rings. The van der Waals surface area contributed by atoms with Gasteiger partial charge in [-0.05, 0) is 49.8 Å². The summed E-state index contributed by atoms with van der Waals surface area (Å²) in [6.07, 6.45) is 3.43. The fourth-order valence-corrected chi connectivity index (χ4v) is 2.71. The lowest BCUT2D eigenvalue weighted by Crippen LogP contribution is -2.26. The fraction of sp³-hybridized carbons (Fsp3) is 0.400. The molecular weight excluding hydrogens is 254 g/mol. The zero-order chi connectivity index (χ0) is 15.1. The van der Waals surface area contributed by atoms with Crippen LogP contribution < -0.4 is 5.32 Å². The van der Waals surface area contributed by atoms with Gasteiger partial charge in [0, 0.05) is 12.6 Å². The molecule has 1 nitrogen and oxygen atoms in total. The molecule has 0 saturated carbocycles. The van der Waals surface area contributed by atoms with Crippen molar-refractivity contribution >= 4 is 0 Å². The third kappa shape index (κ3) is 5.02. The Morgan fingerprint density at radius 3 is 2.48 bits per heavy atom. The van der Waals surface area contributed by atoms with Crippen molar-refractivity contribution in [3.8, 4) is 0 Å². The first-order valence-corrected chi connectivity index (χ1v) is 8.04. The smallest absolute Gasteiger partial charge is 0.0210 e. The van der Waals surface area contributed by atoms with Crippen LogP contribution in [0.4, 0.5) is 0 Å². The van der Waals surface area contributed by atoms with Gasteiger partial charge in [-0.1, -0.05) is 61.0 Å². The second-order valence-electron chi connectivity index (χ2n) is 5.93. The molecule has 0 aliphatic carbocycles. The van der Waals surface area contributed by atoms with E-state index < -0.39 is 0 Å². The predicted molar refractivity (Wildman–Crippen MR) is 91.6 cm³/mol. The maximum Gasteiger partial charge on any atom is 0.0210 e. The number of aryl methyl sites for hydroxylation is 3. The summed E-state index contributed by atoms with van der Waals surface area (Å²) in [6, 6.07) is 18.1. The van der Waals surface area contributed by atoms with Crippen molar-refractivity contribution in [1.82, 2.24) is 5.32 Å². The fourth-order valence-electron chi connectivity index (χ4n) is 2.71. The van der Waals surface area contributed by atoms with Gasteiger partial charge in [0.25, 0.3) is 0 Å². The molecule has 0 aliphatic heterocycles. The number of nitrogens with one attached hydrogen (secondary N) is 1. The van der Waals surface area contributed by atoms with Crippen LogP contribution in [0.25, 0.3) is 0 Å². The van der Waals surface area contributed by atoms with Crippen molar-refractivity contribution in [2.24, 2.45) is 0 Å². The van der Waals surface area contributed by atoms with Crippen molar-refractivity contribution in [3.05, 3.63) is 70.8 Å². The second kappa shape index (κ2) is 7.99. The van der Waals surface area contributed by atoms with E-state index in [2.05, 4.69) is 74.6 Å². The van der Waals surface area contributed by atoms with E-state index in [0.717, 1.165) is 19.4 Å². The lowest BCUT2D eigenvalue weighted by Gasteiger charge is -2.15. The summed E-state index contributed by atoms with van der Waals surface area (Å²) in [5, 5.41) is 3.66. The highest BCUT2D eigenvalue weighted by Gasteiger charge is 2.04. The van der Waals surface area contributed by atoms with Crippen molar-refractivity contribution in [2.45, 2.75) is 52.6 Å². The molecule has 2 rings (SSSR count). The Labute approximate surface area is 129 Å². The second-order valence-corrected chi connectivity index (χ2v) is 5.93. The van der Waals surface area contributed by atoms with E-state index in [-0.39, 0.29) is 0 Å². The molecule has 0 amide bonds. The highest BCUT2D eigenvalue weighted by molar-refractivity contribution is 5.27. The Balaban J connectivity index is 1.81. The minimum absolute atomic E-state index is 0.537. The van der Waals surface area contributed by atoms with Gasteiger partial charge in [0.15, 0.2) is 0 Å². The summed E-state index contributed by atoms with van der Waals surface area (Å²) in [5.41, 5.74) is 5.68. The third-order valence-electron chi connectivity index (χ3n) is 4.09. The minimum Gasteiger partial charge on any atom is -0.310 e. The molecule has 21 heavy (non-hydrogen) atoms. The molecule has 0 aromatic heterocycles. The van der Waals surface area contributed by atoms with Gasteiger partial charge in [0.1, 0.15) is 0 Å². The predicted octanol–water partition coefficient (Wildman–Crippen LogP) is 4.67. The zero-order valence-electron chi connectivity index (χ0n) is 13.5. The number of hydrogen-bond donors (Lipinski definition) is 1. The molecule has 2 aromatic rings. The highest BCUT2D eigenvalue weighted by Crippen LogP contribution is 2.11. The van der Waals surface area contributed by atoms with Crippen LogP contribution in [0, 0.1) is 6.92 Å². The monoisotopic (exact) mass is 281 g/mol. The van der Waals surface area contributed by atoms with Crippen LogP contribution in [0.2, 0.25) is 0 Å². The molecule has 2 aromatic carbocycles. The lowest BCUT2D eigenvalue weighted by molar-refractivity contribution is 0.513. The van der Waals surface area contributed by atoms with Gasteiger partial charge in [-0.15, -0.1) is 0 Å². The molecule has 0 heterocycles. The molecular formula is C20H27N. The first-order chi connectivity index (χ1) is 10.2. The molecule has 0 saturated heterocycles. The molecule has 0 bridgehead atoms. The van der Waals surface area contributed by atoms with Gasteiger partial charge in [-0.2, -0.15) is 0 Å². The Kier molecular flexibility index (Phi) is 6.01. The van der Waals surface area contributed by atoms with E-state index >= 15 is 0 Å². The topological polar surface area (TPSA) is 12.0 Å². The van der Waals surface area contributed by atoms with Crippen molar-refractivity contribution < 1.29 is 0 Å². The Morgan fingerprint density at radius 2 is 1.76 bits per heavy atom. The number of rotatable bonds is 7. The standard InChI is InChI=1S/C20H27N/c1-4-19-10-5-6-11-20(19)15-21-17(3)12-13-18-9-7-8-16(2)14-18/h5-11,14,17,21H,4,12-13,15H2,1-3H3. The number of hydrogen-bond acceptors (Lipinski definition) is 1. The summed E-state index contributed by atoms with van der Waals surface area (Å²) in [4.78, 5) is 0. The van der Waals surface area contributed by atoms with E-state index in [1.165, 1.54) is 28.7 Å². The highest BCUT2D eigenvalue weighted by atomic mass is 14.9. The lowest BCUT2D eigenvalue weighted by atomic mass is 10.0. The molecule has 112 valence electrons. The summed E-state index contributed by atoms with van der Waals surface area (Å²) in [5.74, 6) is 0. The molecule has 1 N–H and O–H groups in total. The molecule has 1 unspecified atom stereocenters. The first-order valence-electron chi connectivity index (χ1n) is 8.04. The van der Waals surface area contributed by atoms with Crippen LogP contribution in [-0.4, -0.2) is 6.04 Å². The van der Waals surface area contributed by atoms with Gasteiger partial charge in [-0.25, -0.2) is 0 Å². The van der Waals surface area contributed by atoms with Gasteiger partial charge in [-0.3, -0.25) is 0 Å². The molecule has 0 spiro atoms. The average Bonchev–Trinajstić information content (AvgIpc) is 2.51. The van der Waals surface area contributed by atoms with Gasteiger partial charge < -0.3 is 5.32 Å². The van der Waals surface area contributed by atoms with Crippen LogP contribution >= 0.6 is 0 Å². The van der Waals surface area contributed by atoms with E-state index in [4.69, 9.17) is 0 Å². The summed E-state index contributed by atoms with van der Waals surface area (Å²) in [7, 11) is 0. The summed E-state index contributed by atoms with van der Waals surface area (Å²) >= 11 is 0. The van der Waals surface area contributed by atoms with Crippen LogP contribution in [0.1, 0.15) is 42.5 Å². The SMILES string of the molecule is CCc1ccccc1CNC(C)CCc1cccc(C)c1. The van der Waals surface area contributed by atoms with Crippen LogP contribution in [-0.2, 0) is 19.4 Å². The van der Waals surface area contributed by atoms with Crippen molar-refractivity contribution in [2.75, 3.05) is 0 Å². The normalized spacial score (nSPS) is 12.3. The van der Waals surface area contributed by atoms with Gasteiger partial charge in [0.2, 0.25) is 0 Å². The molecule has 0 fully saturated rings. The Morgan fingerprint density at radius 1 is 1.00 bits per heavy atom.